The second kappa shape index (κ2) is 4.06. The summed E-state index contributed by atoms with van der Waals surface area (Å²) in [5, 5.41) is 0.282. The third-order valence-electron chi connectivity index (χ3n) is 2.68. The van der Waals surface area contributed by atoms with Crippen LogP contribution in [0.1, 0.15) is 11.1 Å². The number of aryl methyl sites for hydroxylation is 1. The first kappa shape index (κ1) is 11.2. The van der Waals surface area contributed by atoms with E-state index in [1.54, 1.807) is 6.08 Å². The normalized spacial score (nSPS) is 19.5. The molecule has 0 spiro atoms. The summed E-state index contributed by atoms with van der Waals surface area (Å²) in [7, 11) is 0. The molecule has 5 nitrogen and oxygen atoms in total. The van der Waals surface area contributed by atoms with Crippen LogP contribution in [0.4, 0.5) is 0 Å². The lowest BCUT2D eigenvalue weighted by Gasteiger charge is -2.03. The van der Waals surface area contributed by atoms with E-state index in [4.69, 9.17) is 15.2 Å². The Balaban J connectivity index is 1.99. The lowest BCUT2D eigenvalue weighted by molar-refractivity contribution is -0.113. The summed E-state index contributed by atoms with van der Waals surface area (Å²) >= 11 is 1.18. The number of benzene rings is 1. The van der Waals surface area contributed by atoms with Gasteiger partial charge >= 0.3 is 0 Å². The fraction of sp³-hybridized carbons (Fsp3) is 0.167. The summed E-state index contributed by atoms with van der Waals surface area (Å²) in [6.07, 6.45) is 1.77. The standard InChI is InChI=1S/C12H10N2O3S/c1-6-2-8-9(17-5-16-8)3-7(6)4-10-11(15)14-12(13)18-10/h2-4H,5H2,1H3,(H2,13,14,15). The van der Waals surface area contributed by atoms with E-state index in [1.165, 1.54) is 11.8 Å². The summed E-state index contributed by atoms with van der Waals surface area (Å²) in [6.45, 7) is 2.18. The number of aliphatic imine (C=N–C) groups is 1. The highest BCUT2D eigenvalue weighted by atomic mass is 32.2. The Hall–Kier alpha value is -1.95. The maximum absolute atomic E-state index is 11.5. The second-order valence-corrected chi connectivity index (χ2v) is 4.99. The van der Waals surface area contributed by atoms with Crippen molar-refractivity contribution in [3.05, 3.63) is 28.2 Å². The van der Waals surface area contributed by atoms with E-state index in [-0.39, 0.29) is 17.9 Å². The molecule has 0 saturated carbocycles. The van der Waals surface area contributed by atoms with Crippen molar-refractivity contribution in [3.8, 4) is 11.5 Å². The monoisotopic (exact) mass is 262 g/mol. The van der Waals surface area contributed by atoms with Crippen LogP contribution in [-0.4, -0.2) is 17.9 Å². The smallest absolute Gasteiger partial charge is 0.286 e. The predicted molar refractivity (Wildman–Crippen MR) is 69.5 cm³/mol. The second-order valence-electron chi connectivity index (χ2n) is 3.93. The quantitative estimate of drug-likeness (QED) is 0.779. The van der Waals surface area contributed by atoms with Crippen molar-refractivity contribution in [1.29, 1.82) is 0 Å². The highest BCUT2D eigenvalue weighted by Gasteiger charge is 2.21. The summed E-state index contributed by atoms with van der Waals surface area (Å²) in [6, 6.07) is 3.75. The van der Waals surface area contributed by atoms with Gasteiger partial charge in [0.1, 0.15) is 0 Å². The van der Waals surface area contributed by atoms with Crippen LogP contribution in [0.25, 0.3) is 6.08 Å². The van der Waals surface area contributed by atoms with Crippen LogP contribution in [0.2, 0.25) is 0 Å². The summed E-state index contributed by atoms with van der Waals surface area (Å²) in [5.41, 5.74) is 7.41. The molecule has 0 aromatic heterocycles. The number of fused-ring (bicyclic) bond motifs is 1. The predicted octanol–water partition coefficient (Wildman–Crippen LogP) is 1.65. The molecule has 3 rings (SSSR count). The van der Waals surface area contributed by atoms with Crippen molar-refractivity contribution < 1.29 is 14.3 Å². The molecule has 2 aliphatic rings. The van der Waals surface area contributed by atoms with Crippen molar-refractivity contribution in [1.82, 2.24) is 0 Å². The van der Waals surface area contributed by atoms with Gasteiger partial charge in [-0.2, -0.15) is 4.99 Å². The fourth-order valence-electron chi connectivity index (χ4n) is 1.78. The molecule has 0 bridgehead atoms. The van der Waals surface area contributed by atoms with Gasteiger partial charge in [-0.25, -0.2) is 0 Å². The Kier molecular flexibility index (Phi) is 2.52. The summed E-state index contributed by atoms with van der Waals surface area (Å²) < 4.78 is 10.6. The Bertz CT molecular complexity index is 608. The number of carbonyl (C=O) groups excluding carboxylic acids is 1. The summed E-state index contributed by atoms with van der Waals surface area (Å²) in [4.78, 5) is 15.7. The van der Waals surface area contributed by atoms with Gasteiger partial charge < -0.3 is 15.2 Å². The Morgan fingerprint density at radius 2 is 2.11 bits per heavy atom. The van der Waals surface area contributed by atoms with Crippen molar-refractivity contribution in [2.75, 3.05) is 6.79 Å². The van der Waals surface area contributed by atoms with E-state index in [2.05, 4.69) is 4.99 Å². The van der Waals surface area contributed by atoms with Crippen molar-refractivity contribution in [3.63, 3.8) is 0 Å². The SMILES string of the molecule is Cc1cc2c(cc1C=C1SC(N)=NC1=O)OCO2. The number of nitrogens with zero attached hydrogens (tertiary/aromatic N) is 1. The number of nitrogens with two attached hydrogens (primary N) is 1. The molecule has 2 aliphatic heterocycles. The van der Waals surface area contributed by atoms with Crippen molar-refractivity contribution >= 4 is 28.9 Å². The molecule has 0 unspecified atom stereocenters. The molecule has 2 N–H and O–H groups in total. The molecular weight excluding hydrogens is 252 g/mol. The van der Waals surface area contributed by atoms with Crippen LogP contribution >= 0.6 is 11.8 Å². The number of amides is 1. The number of amidine groups is 1. The zero-order valence-electron chi connectivity index (χ0n) is 9.60. The Morgan fingerprint density at radius 1 is 1.39 bits per heavy atom. The minimum Gasteiger partial charge on any atom is -0.454 e. The van der Waals surface area contributed by atoms with Gasteiger partial charge in [0.05, 0.1) is 4.91 Å². The maximum Gasteiger partial charge on any atom is 0.286 e. The van der Waals surface area contributed by atoms with Crippen LogP contribution in [0.15, 0.2) is 22.0 Å². The molecule has 6 heteroatoms. The molecule has 1 aromatic rings. The maximum atomic E-state index is 11.5. The molecule has 0 saturated heterocycles. The van der Waals surface area contributed by atoms with Gasteiger partial charge in [0.15, 0.2) is 16.7 Å². The summed E-state index contributed by atoms with van der Waals surface area (Å²) in [5.74, 6) is 1.13. The van der Waals surface area contributed by atoms with Crippen molar-refractivity contribution in [2.45, 2.75) is 6.92 Å². The number of hydrogen-bond donors (Lipinski definition) is 1. The van der Waals surface area contributed by atoms with Gasteiger partial charge in [-0.05, 0) is 48.0 Å². The molecule has 0 atom stereocenters. The molecular formula is C12H10N2O3S. The minimum atomic E-state index is -0.297. The third kappa shape index (κ3) is 1.84. The van der Waals surface area contributed by atoms with Crippen LogP contribution in [-0.2, 0) is 4.79 Å². The number of thioether (sulfide) groups is 1. The fourth-order valence-corrected chi connectivity index (χ4v) is 2.45. The van der Waals surface area contributed by atoms with E-state index >= 15 is 0 Å². The molecule has 92 valence electrons. The van der Waals surface area contributed by atoms with E-state index in [1.807, 2.05) is 19.1 Å². The first-order chi connectivity index (χ1) is 8.63. The lowest BCUT2D eigenvalue weighted by Crippen LogP contribution is -2.01. The number of rotatable bonds is 1. The molecule has 0 radical (unpaired) electrons. The highest BCUT2D eigenvalue weighted by Crippen LogP contribution is 2.36. The van der Waals surface area contributed by atoms with E-state index in [0.29, 0.717) is 10.7 Å². The average Bonchev–Trinajstić information content (AvgIpc) is 2.86. The third-order valence-corrected chi connectivity index (χ3v) is 3.50. The van der Waals surface area contributed by atoms with Gasteiger partial charge in [0.2, 0.25) is 6.79 Å². The highest BCUT2D eigenvalue weighted by molar-refractivity contribution is 8.18. The van der Waals surface area contributed by atoms with E-state index < -0.39 is 0 Å². The lowest BCUT2D eigenvalue weighted by atomic mass is 10.1. The van der Waals surface area contributed by atoms with Gasteiger partial charge in [-0.15, -0.1) is 0 Å². The first-order valence-electron chi connectivity index (χ1n) is 5.32. The van der Waals surface area contributed by atoms with Gasteiger partial charge in [0, 0.05) is 0 Å². The number of carbonyl (C=O) groups is 1. The molecule has 0 aliphatic carbocycles. The minimum absolute atomic E-state index is 0.235. The zero-order valence-corrected chi connectivity index (χ0v) is 10.4. The van der Waals surface area contributed by atoms with E-state index in [0.717, 1.165) is 16.9 Å². The molecule has 1 aromatic carbocycles. The van der Waals surface area contributed by atoms with E-state index in [9.17, 15) is 4.79 Å². The van der Waals surface area contributed by atoms with Crippen LogP contribution in [0, 0.1) is 6.92 Å². The Labute approximate surface area is 108 Å². The topological polar surface area (TPSA) is 73.9 Å². The van der Waals surface area contributed by atoms with Gasteiger partial charge in [0.25, 0.3) is 5.91 Å². The zero-order chi connectivity index (χ0) is 12.7. The van der Waals surface area contributed by atoms with Crippen molar-refractivity contribution in [2.24, 2.45) is 10.7 Å². The Morgan fingerprint density at radius 3 is 2.78 bits per heavy atom. The molecule has 1 amide bonds. The average molecular weight is 262 g/mol. The first-order valence-corrected chi connectivity index (χ1v) is 6.13. The van der Waals surface area contributed by atoms with Crippen LogP contribution in [0.5, 0.6) is 11.5 Å². The molecule has 2 heterocycles. The number of hydrogen-bond acceptors (Lipinski definition) is 5. The molecule has 0 fully saturated rings. The molecule has 18 heavy (non-hydrogen) atoms. The van der Waals surface area contributed by atoms with Crippen LogP contribution < -0.4 is 15.2 Å². The van der Waals surface area contributed by atoms with Gasteiger partial charge in [-0.1, -0.05) is 0 Å². The van der Waals surface area contributed by atoms with Gasteiger partial charge in [-0.3, -0.25) is 4.79 Å². The largest absolute Gasteiger partial charge is 0.454 e. The number of ether oxygens (including phenoxy) is 2. The van der Waals surface area contributed by atoms with Crippen LogP contribution in [0.3, 0.4) is 0 Å².